The van der Waals surface area contributed by atoms with Gasteiger partial charge in [-0.2, -0.15) is 4.98 Å². The summed E-state index contributed by atoms with van der Waals surface area (Å²) in [5.74, 6) is 1.35. The molecular weight excluding hydrogens is 242 g/mol. The van der Waals surface area contributed by atoms with Crippen LogP contribution in [-0.4, -0.2) is 29.3 Å². The lowest BCUT2D eigenvalue weighted by Gasteiger charge is -2.27. The maximum absolute atomic E-state index is 5.76. The van der Waals surface area contributed by atoms with Gasteiger partial charge in [0.05, 0.1) is 0 Å². The first-order chi connectivity index (χ1) is 9.00. The van der Waals surface area contributed by atoms with Gasteiger partial charge < -0.3 is 14.6 Å². The summed E-state index contributed by atoms with van der Waals surface area (Å²) in [6.07, 6.45) is 3.26. The molecular formula is C14H25N3O2. The fourth-order valence-corrected chi connectivity index (χ4v) is 2.03. The van der Waals surface area contributed by atoms with Gasteiger partial charge >= 0.3 is 0 Å². The molecule has 1 heterocycles. The van der Waals surface area contributed by atoms with Crippen LogP contribution in [0.25, 0.3) is 0 Å². The van der Waals surface area contributed by atoms with Gasteiger partial charge in [-0.15, -0.1) is 0 Å². The van der Waals surface area contributed by atoms with Crippen molar-refractivity contribution in [2.24, 2.45) is 5.41 Å². The largest absolute Gasteiger partial charge is 0.370 e. The third-order valence-electron chi connectivity index (χ3n) is 3.19. The Hall–Kier alpha value is -0.940. The maximum Gasteiger partial charge on any atom is 0.228 e. The molecule has 0 bridgehead atoms. The molecule has 5 nitrogen and oxygen atoms in total. The highest BCUT2D eigenvalue weighted by atomic mass is 16.5. The second-order valence-corrected chi connectivity index (χ2v) is 6.23. The molecule has 0 amide bonds. The second-order valence-electron chi connectivity index (χ2n) is 6.23. The number of ether oxygens (including phenoxy) is 1. The third kappa shape index (κ3) is 4.28. The predicted octanol–water partition coefficient (Wildman–Crippen LogP) is 2.49. The number of nitrogens with zero attached hydrogens (tertiary/aromatic N) is 2. The van der Waals surface area contributed by atoms with E-state index in [4.69, 9.17) is 9.26 Å². The zero-order valence-electron chi connectivity index (χ0n) is 12.4. The first-order valence-corrected chi connectivity index (χ1v) is 7.18. The molecule has 1 N–H and O–H groups in total. The predicted molar refractivity (Wildman–Crippen MR) is 72.8 cm³/mol. The van der Waals surface area contributed by atoms with E-state index in [9.17, 15) is 0 Å². The minimum atomic E-state index is -0.119. The number of nitrogens with one attached hydrogen (secondary N) is 1. The average molecular weight is 267 g/mol. The van der Waals surface area contributed by atoms with Gasteiger partial charge in [0.2, 0.25) is 11.7 Å². The maximum atomic E-state index is 5.76. The van der Waals surface area contributed by atoms with E-state index in [1.54, 1.807) is 0 Å². The Labute approximate surface area is 115 Å². The van der Waals surface area contributed by atoms with Crippen LogP contribution in [0.5, 0.6) is 0 Å². The second kappa shape index (κ2) is 6.01. The molecule has 1 aliphatic carbocycles. The van der Waals surface area contributed by atoms with E-state index in [-0.39, 0.29) is 11.5 Å². The van der Waals surface area contributed by atoms with Crippen molar-refractivity contribution < 1.29 is 9.26 Å². The van der Waals surface area contributed by atoms with Crippen LogP contribution in [0.2, 0.25) is 0 Å². The van der Waals surface area contributed by atoms with Crippen LogP contribution in [-0.2, 0) is 11.2 Å². The molecule has 0 aromatic carbocycles. The van der Waals surface area contributed by atoms with Gasteiger partial charge in [-0.05, 0) is 25.2 Å². The Bertz CT molecular complexity index is 394. The summed E-state index contributed by atoms with van der Waals surface area (Å²) in [6.45, 7) is 9.91. The zero-order chi connectivity index (χ0) is 13.9. The van der Waals surface area contributed by atoms with Crippen LogP contribution >= 0.6 is 0 Å². The summed E-state index contributed by atoms with van der Waals surface area (Å²) in [5.41, 5.74) is -0.0383. The van der Waals surface area contributed by atoms with E-state index in [1.165, 1.54) is 12.8 Å². The molecule has 0 aliphatic heterocycles. The number of hydrogen-bond donors (Lipinski definition) is 1. The first kappa shape index (κ1) is 14.5. The van der Waals surface area contributed by atoms with Gasteiger partial charge in [0.15, 0.2) is 0 Å². The van der Waals surface area contributed by atoms with Crippen molar-refractivity contribution in [1.29, 1.82) is 0 Å². The Morgan fingerprint density at radius 1 is 1.42 bits per heavy atom. The molecule has 1 unspecified atom stereocenters. The van der Waals surface area contributed by atoms with Gasteiger partial charge in [-0.1, -0.05) is 25.9 Å². The molecule has 19 heavy (non-hydrogen) atoms. The van der Waals surface area contributed by atoms with Crippen LogP contribution in [0.4, 0.5) is 0 Å². The van der Waals surface area contributed by atoms with Crippen LogP contribution in [0, 0.1) is 5.41 Å². The number of hydrogen-bond acceptors (Lipinski definition) is 5. The van der Waals surface area contributed by atoms with Gasteiger partial charge in [-0.25, -0.2) is 0 Å². The highest BCUT2D eigenvalue weighted by Crippen LogP contribution is 2.34. The van der Waals surface area contributed by atoms with Gasteiger partial charge in [-0.3, -0.25) is 0 Å². The minimum absolute atomic E-state index is 0.0383. The monoisotopic (exact) mass is 267 g/mol. The van der Waals surface area contributed by atoms with Gasteiger partial charge in [0, 0.05) is 25.6 Å². The van der Waals surface area contributed by atoms with Crippen molar-refractivity contribution in [2.45, 2.75) is 59.1 Å². The Morgan fingerprint density at radius 2 is 2.16 bits per heavy atom. The molecule has 108 valence electrons. The Morgan fingerprint density at radius 3 is 2.74 bits per heavy atom. The van der Waals surface area contributed by atoms with Crippen molar-refractivity contribution in [3.63, 3.8) is 0 Å². The SMILES string of the molecule is CCOC(c1noc(CCNC2CC2)n1)C(C)(C)C. The van der Waals surface area contributed by atoms with E-state index < -0.39 is 0 Å². The summed E-state index contributed by atoms with van der Waals surface area (Å²) >= 11 is 0. The molecule has 1 aliphatic rings. The molecule has 1 fully saturated rings. The fourth-order valence-electron chi connectivity index (χ4n) is 2.03. The number of aromatic nitrogens is 2. The van der Waals surface area contributed by atoms with Crippen molar-refractivity contribution in [3.8, 4) is 0 Å². The molecule has 1 aromatic rings. The normalized spacial score (nSPS) is 17.7. The summed E-state index contributed by atoms with van der Waals surface area (Å²) in [6, 6.07) is 0.716. The quantitative estimate of drug-likeness (QED) is 0.822. The van der Waals surface area contributed by atoms with Crippen molar-refractivity contribution in [1.82, 2.24) is 15.5 Å². The van der Waals surface area contributed by atoms with E-state index in [1.807, 2.05) is 6.92 Å². The van der Waals surface area contributed by atoms with Crippen LogP contribution in [0.3, 0.4) is 0 Å². The third-order valence-corrected chi connectivity index (χ3v) is 3.19. The van der Waals surface area contributed by atoms with Crippen molar-refractivity contribution in [3.05, 3.63) is 11.7 Å². The molecule has 5 heteroatoms. The minimum Gasteiger partial charge on any atom is -0.370 e. The van der Waals surface area contributed by atoms with E-state index >= 15 is 0 Å². The molecule has 1 saturated carbocycles. The summed E-state index contributed by atoms with van der Waals surface area (Å²) in [4.78, 5) is 4.47. The molecule has 2 rings (SSSR count). The smallest absolute Gasteiger partial charge is 0.228 e. The summed E-state index contributed by atoms with van der Waals surface area (Å²) in [5, 5.41) is 7.52. The van der Waals surface area contributed by atoms with E-state index in [2.05, 4.69) is 36.2 Å². The lowest BCUT2D eigenvalue weighted by molar-refractivity contribution is -0.0203. The molecule has 0 spiro atoms. The summed E-state index contributed by atoms with van der Waals surface area (Å²) in [7, 11) is 0. The summed E-state index contributed by atoms with van der Waals surface area (Å²) < 4.78 is 11.1. The van der Waals surface area contributed by atoms with E-state index in [0.29, 0.717) is 24.4 Å². The molecule has 1 atom stereocenters. The number of rotatable bonds is 7. The molecule has 1 aromatic heterocycles. The molecule has 0 saturated heterocycles. The Balaban J connectivity index is 1.92. The Kier molecular flexibility index (Phi) is 4.58. The lowest BCUT2D eigenvalue weighted by Crippen LogP contribution is -2.23. The van der Waals surface area contributed by atoms with Crippen LogP contribution < -0.4 is 5.32 Å². The van der Waals surface area contributed by atoms with Crippen LogP contribution in [0.15, 0.2) is 4.52 Å². The van der Waals surface area contributed by atoms with Gasteiger partial charge in [0.25, 0.3) is 0 Å². The average Bonchev–Trinajstić information content (AvgIpc) is 3.03. The molecule has 0 radical (unpaired) electrons. The van der Waals surface area contributed by atoms with Crippen molar-refractivity contribution >= 4 is 0 Å². The van der Waals surface area contributed by atoms with Gasteiger partial charge in [0.1, 0.15) is 6.10 Å². The zero-order valence-corrected chi connectivity index (χ0v) is 12.4. The highest BCUT2D eigenvalue weighted by Gasteiger charge is 2.31. The topological polar surface area (TPSA) is 60.2 Å². The van der Waals surface area contributed by atoms with Crippen molar-refractivity contribution in [2.75, 3.05) is 13.2 Å². The lowest BCUT2D eigenvalue weighted by atomic mass is 9.88. The highest BCUT2D eigenvalue weighted by molar-refractivity contribution is 4.97. The van der Waals surface area contributed by atoms with E-state index in [0.717, 1.165) is 13.0 Å². The fraction of sp³-hybridized carbons (Fsp3) is 0.857. The first-order valence-electron chi connectivity index (χ1n) is 7.18. The standard InChI is InChI=1S/C14H25N3O2/c1-5-18-12(14(2,3)4)13-16-11(19-17-13)8-9-15-10-6-7-10/h10,12,15H,5-9H2,1-4H3. The van der Waals surface area contributed by atoms with Crippen LogP contribution in [0.1, 0.15) is 58.4 Å².